The Bertz CT molecular complexity index is 604. The van der Waals surface area contributed by atoms with Gasteiger partial charge < -0.3 is 10.2 Å². The van der Waals surface area contributed by atoms with E-state index in [-0.39, 0.29) is 18.4 Å². The van der Waals surface area contributed by atoms with Gasteiger partial charge >= 0.3 is 0 Å². The molecule has 2 amide bonds. The Morgan fingerprint density at radius 2 is 2.04 bits per heavy atom. The van der Waals surface area contributed by atoms with Gasteiger partial charge in [0.2, 0.25) is 11.8 Å². The number of nitrogens with one attached hydrogen (secondary N) is 1. The fourth-order valence-corrected chi connectivity index (χ4v) is 4.25. The van der Waals surface area contributed by atoms with E-state index in [9.17, 15) is 9.59 Å². The van der Waals surface area contributed by atoms with E-state index in [1.807, 2.05) is 12.1 Å². The number of anilines is 1. The number of hydrogen-bond acceptors (Lipinski definition) is 2. The van der Waals surface area contributed by atoms with Gasteiger partial charge in [0.05, 0.1) is 17.3 Å². The number of benzene rings is 1. The molecule has 2 aliphatic rings. The lowest BCUT2D eigenvalue weighted by molar-refractivity contribution is -0.134. The molecule has 3 atom stereocenters. The minimum absolute atomic E-state index is 0.0604. The van der Waals surface area contributed by atoms with Crippen LogP contribution in [-0.4, -0.2) is 30.3 Å². The lowest BCUT2D eigenvalue weighted by Crippen LogP contribution is -2.36. The van der Waals surface area contributed by atoms with Crippen LogP contribution in [0, 0.1) is 17.8 Å². The van der Waals surface area contributed by atoms with Gasteiger partial charge in [0.1, 0.15) is 0 Å². The molecule has 0 spiro atoms. The minimum atomic E-state index is -0.220. The first-order chi connectivity index (χ1) is 11.0. The van der Waals surface area contributed by atoms with Crippen LogP contribution in [0.15, 0.2) is 24.3 Å². The lowest BCUT2D eigenvalue weighted by Gasteiger charge is -2.24. The van der Waals surface area contributed by atoms with Crippen molar-refractivity contribution < 1.29 is 9.59 Å². The van der Waals surface area contributed by atoms with Crippen LogP contribution in [0.3, 0.4) is 0 Å². The summed E-state index contributed by atoms with van der Waals surface area (Å²) < 4.78 is 0. The highest BCUT2D eigenvalue weighted by Crippen LogP contribution is 2.49. The van der Waals surface area contributed by atoms with E-state index in [1.54, 1.807) is 19.2 Å². The highest BCUT2D eigenvalue weighted by atomic mass is 35.5. The molecular formula is C18H23ClN2O2. The van der Waals surface area contributed by atoms with Crippen molar-refractivity contribution in [1.82, 2.24) is 4.90 Å². The van der Waals surface area contributed by atoms with Crippen LogP contribution in [0.25, 0.3) is 0 Å². The molecule has 0 radical (unpaired) electrons. The minimum Gasteiger partial charge on any atom is -0.336 e. The average molecular weight is 335 g/mol. The Morgan fingerprint density at radius 1 is 1.26 bits per heavy atom. The first-order valence-corrected chi connectivity index (χ1v) is 8.69. The number of fused-ring (bicyclic) bond motifs is 2. The maximum absolute atomic E-state index is 12.4. The number of rotatable bonds is 5. The van der Waals surface area contributed by atoms with Crippen LogP contribution in [0.4, 0.5) is 5.69 Å². The summed E-state index contributed by atoms with van der Waals surface area (Å²) in [6, 6.07) is 7.09. The smallest absolute Gasteiger partial charge is 0.244 e. The van der Waals surface area contributed by atoms with E-state index in [0.717, 1.165) is 11.8 Å². The molecule has 0 aliphatic heterocycles. The van der Waals surface area contributed by atoms with Crippen LogP contribution in [0.1, 0.15) is 32.1 Å². The first-order valence-electron chi connectivity index (χ1n) is 8.31. The summed E-state index contributed by atoms with van der Waals surface area (Å²) >= 11 is 6.02. The second-order valence-corrected chi connectivity index (χ2v) is 7.32. The van der Waals surface area contributed by atoms with Gasteiger partial charge in [0, 0.05) is 13.5 Å². The summed E-state index contributed by atoms with van der Waals surface area (Å²) in [5.41, 5.74) is 0.577. The first kappa shape index (κ1) is 16.3. The molecule has 4 nitrogen and oxygen atoms in total. The van der Waals surface area contributed by atoms with Gasteiger partial charge in [-0.3, -0.25) is 9.59 Å². The van der Waals surface area contributed by atoms with Gasteiger partial charge in [0.25, 0.3) is 0 Å². The maximum atomic E-state index is 12.4. The fraction of sp³-hybridized carbons (Fsp3) is 0.556. The second-order valence-electron chi connectivity index (χ2n) is 6.92. The van der Waals surface area contributed by atoms with Crippen molar-refractivity contribution in [2.24, 2.45) is 17.8 Å². The summed E-state index contributed by atoms with van der Waals surface area (Å²) in [6.07, 6.45) is 5.69. The van der Waals surface area contributed by atoms with Gasteiger partial charge in [-0.05, 0) is 49.1 Å². The van der Waals surface area contributed by atoms with Crippen molar-refractivity contribution in [3.05, 3.63) is 29.3 Å². The van der Waals surface area contributed by atoms with Crippen molar-refractivity contribution in [3.63, 3.8) is 0 Å². The average Bonchev–Trinajstić information content (AvgIpc) is 3.12. The van der Waals surface area contributed by atoms with Crippen LogP contribution in [0.5, 0.6) is 0 Å². The van der Waals surface area contributed by atoms with Gasteiger partial charge in [-0.25, -0.2) is 0 Å². The molecule has 0 unspecified atom stereocenters. The zero-order valence-electron chi connectivity index (χ0n) is 13.4. The maximum Gasteiger partial charge on any atom is 0.244 e. The normalized spacial score (nSPS) is 25.4. The third-order valence-electron chi connectivity index (χ3n) is 5.28. The van der Waals surface area contributed by atoms with E-state index in [4.69, 9.17) is 11.6 Å². The predicted molar refractivity (Wildman–Crippen MR) is 91.3 cm³/mol. The molecule has 1 aromatic carbocycles. The highest BCUT2D eigenvalue weighted by Gasteiger charge is 2.40. The topological polar surface area (TPSA) is 49.4 Å². The predicted octanol–water partition coefficient (Wildman–Crippen LogP) is 3.56. The molecule has 2 fully saturated rings. The summed E-state index contributed by atoms with van der Waals surface area (Å²) in [6.45, 7) is 0.0604. The van der Waals surface area contributed by atoms with E-state index >= 15 is 0 Å². The van der Waals surface area contributed by atoms with Crippen LogP contribution >= 0.6 is 11.6 Å². The molecule has 3 rings (SSSR count). The van der Waals surface area contributed by atoms with Gasteiger partial charge in [-0.1, -0.05) is 30.2 Å². The molecule has 2 aliphatic carbocycles. The Labute approximate surface area is 142 Å². The number of carbonyl (C=O) groups excluding carboxylic acids is 2. The van der Waals surface area contributed by atoms with Crippen molar-refractivity contribution in [3.8, 4) is 0 Å². The monoisotopic (exact) mass is 334 g/mol. The quantitative estimate of drug-likeness (QED) is 0.895. The molecule has 23 heavy (non-hydrogen) atoms. The Balaban J connectivity index is 1.48. The third-order valence-corrected chi connectivity index (χ3v) is 5.61. The van der Waals surface area contributed by atoms with Crippen molar-refractivity contribution in [2.45, 2.75) is 32.1 Å². The molecule has 124 valence electrons. The molecular weight excluding hydrogens is 312 g/mol. The Hall–Kier alpha value is -1.55. The van der Waals surface area contributed by atoms with Gasteiger partial charge in [0.15, 0.2) is 0 Å². The van der Waals surface area contributed by atoms with E-state index < -0.39 is 0 Å². The molecule has 0 aromatic heterocycles. The van der Waals surface area contributed by atoms with Gasteiger partial charge in [-0.2, -0.15) is 0 Å². The summed E-state index contributed by atoms with van der Waals surface area (Å²) in [5, 5.41) is 3.25. The Morgan fingerprint density at radius 3 is 2.70 bits per heavy atom. The molecule has 0 heterocycles. The number of likely N-dealkylation sites (N-methyl/N-ethyl adjacent to an activating group) is 1. The molecule has 5 heteroatoms. The number of nitrogens with zero attached hydrogens (tertiary/aromatic N) is 1. The number of carbonyl (C=O) groups is 2. The number of para-hydroxylation sites is 1. The lowest BCUT2D eigenvalue weighted by atomic mass is 9.86. The summed E-state index contributed by atoms with van der Waals surface area (Å²) in [7, 11) is 1.70. The number of amides is 2. The summed E-state index contributed by atoms with van der Waals surface area (Å²) in [4.78, 5) is 26.0. The highest BCUT2D eigenvalue weighted by molar-refractivity contribution is 6.33. The molecule has 0 saturated heterocycles. The van der Waals surface area contributed by atoms with Crippen LogP contribution in [0.2, 0.25) is 5.02 Å². The number of halogens is 1. The standard InChI is InChI=1S/C18H23ClN2O2/c1-21(11-17(22)20-16-5-3-2-4-15(16)19)18(23)10-14-9-12-6-7-13(14)8-12/h2-5,12-14H,6-11H2,1H3,(H,20,22)/t12-,13-,14-/m0/s1. The van der Waals surface area contributed by atoms with Crippen LogP contribution < -0.4 is 5.32 Å². The van der Waals surface area contributed by atoms with Crippen molar-refractivity contribution >= 4 is 29.1 Å². The Kier molecular flexibility index (Phi) is 4.90. The zero-order chi connectivity index (χ0) is 16.4. The molecule has 1 aromatic rings. The largest absolute Gasteiger partial charge is 0.336 e. The van der Waals surface area contributed by atoms with Crippen molar-refractivity contribution in [2.75, 3.05) is 18.9 Å². The third kappa shape index (κ3) is 3.86. The van der Waals surface area contributed by atoms with E-state index in [0.29, 0.717) is 23.0 Å². The number of hydrogen-bond donors (Lipinski definition) is 1. The van der Waals surface area contributed by atoms with E-state index in [1.165, 1.54) is 30.6 Å². The zero-order valence-corrected chi connectivity index (χ0v) is 14.2. The van der Waals surface area contributed by atoms with E-state index in [2.05, 4.69) is 5.32 Å². The molecule has 2 bridgehead atoms. The SMILES string of the molecule is CN(CC(=O)Nc1ccccc1Cl)C(=O)C[C@@H]1C[C@H]2CC[C@H]1C2. The molecule has 2 saturated carbocycles. The fourth-order valence-electron chi connectivity index (χ4n) is 4.06. The second kappa shape index (κ2) is 6.91. The van der Waals surface area contributed by atoms with Crippen LogP contribution in [-0.2, 0) is 9.59 Å². The molecule has 1 N–H and O–H groups in total. The summed E-state index contributed by atoms with van der Waals surface area (Å²) in [5.74, 6) is 1.94. The van der Waals surface area contributed by atoms with Crippen molar-refractivity contribution in [1.29, 1.82) is 0 Å². The van der Waals surface area contributed by atoms with Gasteiger partial charge in [-0.15, -0.1) is 0 Å².